The summed E-state index contributed by atoms with van der Waals surface area (Å²) in [6.07, 6.45) is 2.78. The summed E-state index contributed by atoms with van der Waals surface area (Å²) in [5.41, 5.74) is 0.845. The van der Waals surface area contributed by atoms with Crippen LogP contribution in [0.5, 0.6) is 0 Å². The largest absolute Gasteiger partial charge is 0.243 e. The summed E-state index contributed by atoms with van der Waals surface area (Å²) in [5, 5.41) is 4.89. The van der Waals surface area contributed by atoms with Gasteiger partial charge in [0.1, 0.15) is 0 Å². The van der Waals surface area contributed by atoms with Crippen molar-refractivity contribution in [3.63, 3.8) is 0 Å². The molecule has 1 aromatic carbocycles. The lowest BCUT2D eigenvalue weighted by Crippen LogP contribution is -1.94. The van der Waals surface area contributed by atoms with Gasteiger partial charge in [-0.15, -0.1) is 0 Å². The zero-order valence-electron chi connectivity index (χ0n) is 7.74. The second kappa shape index (κ2) is 3.80. The van der Waals surface area contributed by atoms with E-state index in [1.165, 1.54) is 0 Å². The Morgan fingerprint density at radius 2 is 2.21 bits per heavy atom. The molecule has 0 aliphatic heterocycles. The standard InChI is InChI=1S/C10H9ClN3/c1-2-14-7-12-10(13-14)8-5-3-4-6-9(8)11/h3-6H,2H2,1H3. The summed E-state index contributed by atoms with van der Waals surface area (Å²) in [5.74, 6) is 0.623. The van der Waals surface area contributed by atoms with Crippen LogP contribution in [0.3, 0.4) is 0 Å². The highest BCUT2D eigenvalue weighted by Crippen LogP contribution is 2.23. The number of halogens is 1. The van der Waals surface area contributed by atoms with E-state index in [0.717, 1.165) is 12.1 Å². The van der Waals surface area contributed by atoms with Crippen LogP contribution in [-0.4, -0.2) is 14.8 Å². The summed E-state index contributed by atoms with van der Waals surface area (Å²) in [6.45, 7) is 2.75. The fourth-order valence-corrected chi connectivity index (χ4v) is 1.38. The van der Waals surface area contributed by atoms with Crippen molar-refractivity contribution in [3.8, 4) is 11.4 Å². The van der Waals surface area contributed by atoms with Gasteiger partial charge in [0, 0.05) is 12.1 Å². The lowest BCUT2D eigenvalue weighted by atomic mass is 10.2. The Bertz CT molecular complexity index is 436. The zero-order chi connectivity index (χ0) is 9.97. The van der Waals surface area contributed by atoms with E-state index in [9.17, 15) is 0 Å². The number of aromatic nitrogens is 3. The number of hydrogen-bond acceptors (Lipinski definition) is 2. The minimum atomic E-state index is 0.623. The van der Waals surface area contributed by atoms with Crippen LogP contribution in [0.25, 0.3) is 11.4 Å². The summed E-state index contributed by atoms with van der Waals surface area (Å²) < 4.78 is 1.65. The Labute approximate surface area is 87.3 Å². The zero-order valence-corrected chi connectivity index (χ0v) is 8.49. The Kier molecular flexibility index (Phi) is 2.50. The van der Waals surface area contributed by atoms with E-state index in [1.54, 1.807) is 4.68 Å². The van der Waals surface area contributed by atoms with E-state index in [4.69, 9.17) is 11.6 Å². The van der Waals surface area contributed by atoms with Crippen molar-refractivity contribution in [3.05, 3.63) is 35.6 Å². The van der Waals surface area contributed by atoms with E-state index in [0.29, 0.717) is 10.8 Å². The molecule has 2 rings (SSSR count). The van der Waals surface area contributed by atoms with Gasteiger partial charge in [-0.1, -0.05) is 23.7 Å². The third-order valence-corrected chi connectivity index (χ3v) is 2.23. The molecule has 0 bridgehead atoms. The van der Waals surface area contributed by atoms with Crippen LogP contribution in [0.1, 0.15) is 6.92 Å². The van der Waals surface area contributed by atoms with Crippen molar-refractivity contribution in [2.24, 2.45) is 0 Å². The highest BCUT2D eigenvalue weighted by atomic mass is 35.5. The Balaban J connectivity index is 2.44. The summed E-state index contributed by atoms with van der Waals surface area (Å²) >= 11 is 6.01. The fourth-order valence-electron chi connectivity index (χ4n) is 1.16. The van der Waals surface area contributed by atoms with Crippen molar-refractivity contribution < 1.29 is 0 Å². The first-order valence-corrected chi connectivity index (χ1v) is 4.76. The Morgan fingerprint density at radius 3 is 2.86 bits per heavy atom. The molecule has 0 spiro atoms. The third-order valence-electron chi connectivity index (χ3n) is 1.90. The van der Waals surface area contributed by atoms with Gasteiger partial charge >= 0.3 is 0 Å². The molecule has 14 heavy (non-hydrogen) atoms. The lowest BCUT2D eigenvalue weighted by molar-refractivity contribution is 0.654. The number of benzene rings is 1. The van der Waals surface area contributed by atoms with E-state index >= 15 is 0 Å². The summed E-state index contributed by atoms with van der Waals surface area (Å²) in [4.78, 5) is 4.06. The number of hydrogen-bond donors (Lipinski definition) is 0. The average Bonchev–Trinajstić information content (AvgIpc) is 2.67. The van der Waals surface area contributed by atoms with Gasteiger partial charge in [0.15, 0.2) is 12.2 Å². The molecule has 0 saturated heterocycles. The Morgan fingerprint density at radius 1 is 1.43 bits per heavy atom. The summed E-state index contributed by atoms with van der Waals surface area (Å²) in [6, 6.07) is 7.51. The minimum absolute atomic E-state index is 0.623. The molecule has 0 unspecified atom stereocenters. The second-order valence-corrected chi connectivity index (χ2v) is 3.24. The molecule has 1 heterocycles. The molecule has 2 aromatic rings. The van der Waals surface area contributed by atoms with Crippen LogP contribution in [0, 0.1) is 6.33 Å². The van der Waals surface area contributed by atoms with Gasteiger partial charge in [-0.3, -0.25) is 0 Å². The molecule has 0 aliphatic rings. The summed E-state index contributed by atoms with van der Waals surface area (Å²) in [7, 11) is 0. The van der Waals surface area contributed by atoms with Gasteiger partial charge in [0.2, 0.25) is 0 Å². The van der Waals surface area contributed by atoms with E-state index in [2.05, 4.69) is 16.4 Å². The van der Waals surface area contributed by atoms with Crippen molar-refractivity contribution >= 4 is 11.6 Å². The third kappa shape index (κ3) is 1.63. The number of aryl methyl sites for hydroxylation is 1. The molecule has 0 fully saturated rings. The smallest absolute Gasteiger partial charge is 0.196 e. The Hall–Kier alpha value is -1.35. The van der Waals surface area contributed by atoms with Gasteiger partial charge in [-0.05, 0) is 19.1 Å². The van der Waals surface area contributed by atoms with Gasteiger partial charge in [0.05, 0.1) is 5.02 Å². The van der Waals surface area contributed by atoms with Crippen molar-refractivity contribution in [1.29, 1.82) is 0 Å². The monoisotopic (exact) mass is 206 g/mol. The molecule has 1 aromatic heterocycles. The van der Waals surface area contributed by atoms with E-state index < -0.39 is 0 Å². The van der Waals surface area contributed by atoms with Crippen molar-refractivity contribution in [2.45, 2.75) is 13.5 Å². The predicted molar refractivity (Wildman–Crippen MR) is 55.0 cm³/mol. The first-order chi connectivity index (χ1) is 6.81. The molecule has 0 amide bonds. The molecule has 71 valence electrons. The maximum atomic E-state index is 6.01. The SMILES string of the molecule is CCn1[c]nc(-c2ccccc2Cl)n1. The maximum Gasteiger partial charge on any atom is 0.196 e. The topological polar surface area (TPSA) is 30.7 Å². The van der Waals surface area contributed by atoms with Gasteiger partial charge in [-0.25, -0.2) is 9.67 Å². The van der Waals surface area contributed by atoms with Crippen LogP contribution in [0.15, 0.2) is 24.3 Å². The predicted octanol–water partition coefficient (Wildman–Crippen LogP) is 2.42. The van der Waals surface area contributed by atoms with Crippen LogP contribution in [0.4, 0.5) is 0 Å². The molecule has 4 heteroatoms. The van der Waals surface area contributed by atoms with Crippen molar-refractivity contribution in [2.75, 3.05) is 0 Å². The maximum absolute atomic E-state index is 6.01. The molecule has 0 saturated carbocycles. The molecule has 3 nitrogen and oxygen atoms in total. The van der Waals surface area contributed by atoms with Crippen LogP contribution >= 0.6 is 11.6 Å². The molecular formula is C10H9ClN3. The van der Waals surface area contributed by atoms with Crippen LogP contribution in [0.2, 0.25) is 5.02 Å². The van der Waals surface area contributed by atoms with Crippen LogP contribution < -0.4 is 0 Å². The molecule has 0 aliphatic carbocycles. The lowest BCUT2D eigenvalue weighted by Gasteiger charge is -1.97. The number of nitrogens with zero attached hydrogens (tertiary/aromatic N) is 3. The average molecular weight is 207 g/mol. The molecule has 1 radical (unpaired) electrons. The fraction of sp³-hybridized carbons (Fsp3) is 0.200. The van der Waals surface area contributed by atoms with E-state index in [-0.39, 0.29) is 0 Å². The first kappa shape index (κ1) is 9.21. The first-order valence-electron chi connectivity index (χ1n) is 4.38. The quantitative estimate of drug-likeness (QED) is 0.756. The molecule has 0 N–H and O–H groups in total. The highest BCUT2D eigenvalue weighted by Gasteiger charge is 2.06. The second-order valence-electron chi connectivity index (χ2n) is 2.83. The van der Waals surface area contributed by atoms with Gasteiger partial charge < -0.3 is 0 Å². The molecular weight excluding hydrogens is 198 g/mol. The minimum Gasteiger partial charge on any atom is -0.243 e. The van der Waals surface area contributed by atoms with Crippen LogP contribution in [-0.2, 0) is 6.54 Å². The number of rotatable bonds is 2. The van der Waals surface area contributed by atoms with Gasteiger partial charge in [0.25, 0.3) is 0 Å². The van der Waals surface area contributed by atoms with Crippen molar-refractivity contribution in [1.82, 2.24) is 14.8 Å². The van der Waals surface area contributed by atoms with E-state index in [1.807, 2.05) is 31.2 Å². The van der Waals surface area contributed by atoms with Gasteiger partial charge in [-0.2, -0.15) is 5.10 Å². The normalized spacial score (nSPS) is 10.4. The molecule has 0 atom stereocenters. The highest BCUT2D eigenvalue weighted by molar-refractivity contribution is 6.33.